The summed E-state index contributed by atoms with van der Waals surface area (Å²) in [5.74, 6) is -1.50. The van der Waals surface area contributed by atoms with Gasteiger partial charge in [-0.05, 0) is 42.0 Å². The van der Waals surface area contributed by atoms with Crippen molar-refractivity contribution in [1.82, 2.24) is 10.2 Å². The van der Waals surface area contributed by atoms with Gasteiger partial charge in [-0.15, -0.1) is 0 Å². The van der Waals surface area contributed by atoms with E-state index in [2.05, 4.69) is 29.6 Å². The van der Waals surface area contributed by atoms with Gasteiger partial charge in [0.15, 0.2) is 0 Å². The average Bonchev–Trinajstić information content (AvgIpc) is 3.16. The van der Waals surface area contributed by atoms with E-state index in [1.165, 1.54) is 18.9 Å². The maximum absolute atomic E-state index is 12.9. The van der Waals surface area contributed by atoms with Crippen molar-refractivity contribution in [3.63, 3.8) is 0 Å². The Morgan fingerprint density at radius 2 is 1.65 bits per heavy atom. The fraction of sp³-hybridized carbons (Fsp3) is 0.423. The summed E-state index contributed by atoms with van der Waals surface area (Å²) in [5.41, 5.74) is 3.70. The highest BCUT2D eigenvalue weighted by Crippen LogP contribution is 2.44. The van der Waals surface area contributed by atoms with Gasteiger partial charge in [-0.1, -0.05) is 48.5 Å². The highest BCUT2D eigenvalue weighted by molar-refractivity contribution is 5.84. The minimum Gasteiger partial charge on any atom is -0.480 e. The van der Waals surface area contributed by atoms with Crippen LogP contribution in [0.5, 0.6) is 0 Å². The number of nitrogens with one attached hydrogen (secondary N) is 1. The van der Waals surface area contributed by atoms with Crippen LogP contribution in [0.4, 0.5) is 4.79 Å². The van der Waals surface area contributed by atoms with E-state index in [0.29, 0.717) is 26.1 Å². The quantitative estimate of drug-likeness (QED) is 0.648. The number of hydrogen-bond acceptors (Lipinski definition) is 5. The Labute approximate surface area is 198 Å². The first-order valence-electron chi connectivity index (χ1n) is 11.5. The molecule has 0 saturated carbocycles. The number of carboxylic acids is 1. The molecule has 1 aliphatic heterocycles. The zero-order chi connectivity index (χ0) is 24.3. The highest BCUT2D eigenvalue weighted by Gasteiger charge is 2.39. The van der Waals surface area contributed by atoms with Gasteiger partial charge in [0.05, 0.1) is 12.0 Å². The predicted molar refractivity (Wildman–Crippen MR) is 125 cm³/mol. The Bertz CT molecular complexity index is 1030. The molecule has 0 aromatic heterocycles. The van der Waals surface area contributed by atoms with E-state index in [9.17, 15) is 19.5 Å². The first-order chi connectivity index (χ1) is 16.3. The number of hydrogen-bond donors (Lipinski definition) is 2. The van der Waals surface area contributed by atoms with Crippen LogP contribution >= 0.6 is 0 Å². The molecule has 8 nitrogen and oxygen atoms in total. The molecule has 1 atom stereocenters. The topological polar surface area (TPSA) is 105 Å². The summed E-state index contributed by atoms with van der Waals surface area (Å²) in [6.45, 7) is 2.43. The van der Waals surface area contributed by atoms with Gasteiger partial charge in [0.25, 0.3) is 0 Å². The van der Waals surface area contributed by atoms with Crippen molar-refractivity contribution in [2.75, 3.05) is 26.9 Å². The summed E-state index contributed by atoms with van der Waals surface area (Å²) in [6.07, 6.45) is 0.274. The minimum absolute atomic E-state index is 0.0192. The van der Waals surface area contributed by atoms with E-state index in [4.69, 9.17) is 9.47 Å². The van der Waals surface area contributed by atoms with E-state index >= 15 is 0 Å². The van der Waals surface area contributed by atoms with Gasteiger partial charge in [-0.25, -0.2) is 9.59 Å². The lowest BCUT2D eigenvalue weighted by atomic mass is 9.86. The molecule has 1 saturated heterocycles. The normalized spacial score (nSPS) is 17.2. The minimum atomic E-state index is -1.08. The van der Waals surface area contributed by atoms with Crippen molar-refractivity contribution in [2.45, 2.75) is 43.7 Å². The van der Waals surface area contributed by atoms with Crippen molar-refractivity contribution in [3.8, 4) is 11.1 Å². The number of carbonyl (C=O) groups excluding carboxylic acids is 2. The second-order valence-corrected chi connectivity index (χ2v) is 9.04. The van der Waals surface area contributed by atoms with Crippen LogP contribution < -0.4 is 5.32 Å². The van der Waals surface area contributed by atoms with E-state index in [1.54, 1.807) is 0 Å². The molecule has 0 spiro atoms. The number of carbonyl (C=O) groups is 3. The number of likely N-dealkylation sites (N-methyl/N-ethyl adjacent to an activating group) is 1. The Morgan fingerprint density at radius 3 is 2.21 bits per heavy atom. The maximum atomic E-state index is 12.9. The molecule has 4 rings (SSSR count). The third-order valence-corrected chi connectivity index (χ3v) is 6.98. The third-order valence-electron chi connectivity index (χ3n) is 6.98. The number of carboxylic acid groups (broad SMARTS) is 1. The monoisotopic (exact) mass is 466 g/mol. The maximum Gasteiger partial charge on any atom is 0.407 e. The van der Waals surface area contributed by atoms with Gasteiger partial charge in [0, 0.05) is 26.2 Å². The molecular formula is C26H30N2O6. The Balaban J connectivity index is 1.44. The number of alkyl carbamates (subject to hydrolysis) is 1. The van der Waals surface area contributed by atoms with Crippen molar-refractivity contribution in [3.05, 3.63) is 59.7 Å². The van der Waals surface area contributed by atoms with Crippen LogP contribution in [0.1, 0.15) is 43.2 Å². The Morgan fingerprint density at radius 1 is 1.09 bits per heavy atom. The second-order valence-electron chi connectivity index (χ2n) is 9.04. The highest BCUT2D eigenvalue weighted by atomic mass is 16.5. The Hall–Kier alpha value is -3.39. The molecule has 1 unspecified atom stereocenters. The predicted octanol–water partition coefficient (Wildman–Crippen LogP) is 3.40. The van der Waals surface area contributed by atoms with E-state index in [0.717, 1.165) is 22.3 Å². The number of aliphatic carboxylic acids is 1. The zero-order valence-corrected chi connectivity index (χ0v) is 19.5. The number of benzene rings is 2. The summed E-state index contributed by atoms with van der Waals surface area (Å²) in [5, 5.41) is 12.1. The first-order valence-corrected chi connectivity index (χ1v) is 11.5. The van der Waals surface area contributed by atoms with Gasteiger partial charge >= 0.3 is 12.1 Å². The molecule has 0 bridgehead atoms. The van der Waals surface area contributed by atoms with Crippen molar-refractivity contribution < 1.29 is 29.0 Å². The third kappa shape index (κ3) is 4.77. The second kappa shape index (κ2) is 9.85. The standard InChI is InChI=1S/C26H30N2O6/c1-17(24(30)31)28(2)23(29)15-26(11-13-33-14-12-26)27-25(32)34-16-22-20-9-5-3-7-18(20)19-8-4-6-10-21(19)22/h3-10,17,22H,11-16H2,1-2H3,(H,27,32)(H,30,31). The smallest absolute Gasteiger partial charge is 0.407 e. The lowest BCUT2D eigenvalue weighted by Gasteiger charge is -2.38. The fourth-order valence-corrected chi connectivity index (χ4v) is 4.75. The van der Waals surface area contributed by atoms with Crippen LogP contribution in [0, 0.1) is 0 Å². The zero-order valence-electron chi connectivity index (χ0n) is 19.5. The van der Waals surface area contributed by atoms with Gasteiger partial charge in [-0.2, -0.15) is 0 Å². The summed E-state index contributed by atoms with van der Waals surface area (Å²) in [4.78, 5) is 38.2. The number of rotatable bonds is 7. The van der Waals surface area contributed by atoms with E-state index in [-0.39, 0.29) is 24.9 Å². The number of fused-ring (bicyclic) bond motifs is 3. The van der Waals surface area contributed by atoms with Crippen LogP contribution in [0.3, 0.4) is 0 Å². The summed E-state index contributed by atoms with van der Waals surface area (Å²) >= 11 is 0. The lowest BCUT2D eigenvalue weighted by Crippen LogP contribution is -2.55. The van der Waals surface area contributed by atoms with Crippen molar-refractivity contribution in [1.29, 1.82) is 0 Å². The number of amides is 2. The molecule has 2 aromatic carbocycles. The van der Waals surface area contributed by atoms with Gasteiger partial charge in [0.1, 0.15) is 12.6 Å². The molecule has 34 heavy (non-hydrogen) atoms. The summed E-state index contributed by atoms with van der Waals surface area (Å²) < 4.78 is 11.1. The summed E-state index contributed by atoms with van der Waals surface area (Å²) in [7, 11) is 1.46. The largest absolute Gasteiger partial charge is 0.480 e. The van der Waals surface area contributed by atoms with Crippen LogP contribution in [0.25, 0.3) is 11.1 Å². The summed E-state index contributed by atoms with van der Waals surface area (Å²) in [6, 6.07) is 15.3. The molecule has 1 aliphatic carbocycles. The molecule has 2 aliphatic rings. The molecule has 2 aromatic rings. The molecule has 0 radical (unpaired) electrons. The van der Waals surface area contributed by atoms with E-state index in [1.807, 2.05) is 24.3 Å². The lowest BCUT2D eigenvalue weighted by molar-refractivity contribution is -0.149. The molecule has 8 heteroatoms. The van der Waals surface area contributed by atoms with Gasteiger partial charge in [0.2, 0.25) is 5.91 Å². The SMILES string of the molecule is CC(C(=O)O)N(C)C(=O)CC1(NC(=O)OCC2c3ccccc3-c3ccccc32)CCOCC1. The fourth-order valence-electron chi connectivity index (χ4n) is 4.75. The van der Waals surface area contributed by atoms with Crippen LogP contribution in [0.2, 0.25) is 0 Å². The van der Waals surface area contributed by atoms with E-state index < -0.39 is 23.6 Å². The molecule has 1 heterocycles. The molecule has 1 fully saturated rings. The first kappa shape index (κ1) is 23.8. The molecule has 2 amide bonds. The van der Waals surface area contributed by atoms with Gasteiger partial charge < -0.3 is 24.8 Å². The van der Waals surface area contributed by atoms with Gasteiger partial charge in [-0.3, -0.25) is 4.79 Å². The Kier molecular flexibility index (Phi) is 6.88. The van der Waals surface area contributed by atoms with Crippen molar-refractivity contribution in [2.24, 2.45) is 0 Å². The van der Waals surface area contributed by atoms with Crippen LogP contribution in [-0.2, 0) is 19.1 Å². The van der Waals surface area contributed by atoms with Crippen LogP contribution in [-0.4, -0.2) is 66.4 Å². The average molecular weight is 467 g/mol. The molecule has 2 N–H and O–H groups in total. The molecular weight excluding hydrogens is 436 g/mol. The van der Waals surface area contributed by atoms with Crippen molar-refractivity contribution >= 4 is 18.0 Å². The number of ether oxygens (including phenoxy) is 2. The molecule has 180 valence electrons. The number of nitrogens with zero attached hydrogens (tertiary/aromatic N) is 1. The van der Waals surface area contributed by atoms with Crippen LogP contribution in [0.15, 0.2) is 48.5 Å².